The van der Waals surface area contributed by atoms with E-state index in [1.807, 2.05) is 68.7 Å². The summed E-state index contributed by atoms with van der Waals surface area (Å²) in [5.74, 6) is 0. The highest BCUT2D eigenvalue weighted by molar-refractivity contribution is 5.92. The molecule has 0 saturated carbocycles. The van der Waals surface area contributed by atoms with Crippen LogP contribution in [0.3, 0.4) is 0 Å². The molecule has 0 fully saturated rings. The number of nitrogens with one attached hydrogen (secondary N) is 2. The van der Waals surface area contributed by atoms with Crippen molar-refractivity contribution in [1.82, 2.24) is 0 Å². The van der Waals surface area contributed by atoms with Gasteiger partial charge < -0.3 is 16.4 Å². The molecule has 0 spiro atoms. The summed E-state index contributed by atoms with van der Waals surface area (Å²) < 4.78 is 0. The third-order valence-corrected chi connectivity index (χ3v) is 3.29. The number of benzene rings is 3. The molecule has 0 atom stereocenters. The highest BCUT2D eigenvalue weighted by Crippen LogP contribution is 2.19. The molecule has 3 rings (SSSR count). The maximum Gasteiger partial charge on any atom is 0.0393 e. The Bertz CT molecular complexity index is 662. The molecule has 3 aromatic carbocycles. The van der Waals surface area contributed by atoms with Gasteiger partial charge in [-0.05, 0) is 35.7 Å². The van der Waals surface area contributed by atoms with Gasteiger partial charge in [0.15, 0.2) is 0 Å². The maximum absolute atomic E-state index is 5.76. The number of hydrogen-bond donors (Lipinski definition) is 3. The minimum atomic E-state index is 0.850. The second kappa shape index (κ2) is 7.20. The Balaban J connectivity index is 0.000000155. The number of rotatable bonds is 2. The molecule has 3 aromatic rings. The Morgan fingerprint density at radius 1 is 0.667 bits per heavy atom. The first-order chi connectivity index (χ1) is 10.2. The van der Waals surface area contributed by atoms with Crippen molar-refractivity contribution >= 4 is 27.8 Å². The van der Waals surface area contributed by atoms with Crippen LogP contribution in [0.4, 0.5) is 17.1 Å². The predicted octanol–water partition coefficient (Wildman–Crippen LogP) is 4.19. The molecule has 3 heteroatoms. The van der Waals surface area contributed by atoms with E-state index < -0.39 is 0 Å². The zero-order valence-corrected chi connectivity index (χ0v) is 12.4. The number of nitrogens with two attached hydrogens (primary N) is 1. The molecule has 0 amide bonds. The van der Waals surface area contributed by atoms with E-state index in [9.17, 15) is 0 Å². The highest BCUT2D eigenvalue weighted by atomic mass is 14.8. The normalized spacial score (nSPS) is 9.62. The minimum Gasteiger partial charge on any atom is -0.398 e. The lowest BCUT2D eigenvalue weighted by molar-refractivity contribution is 1.47. The summed E-state index contributed by atoms with van der Waals surface area (Å²) in [6.45, 7) is 0. The number of anilines is 3. The van der Waals surface area contributed by atoms with E-state index in [1.54, 1.807) is 0 Å². The van der Waals surface area contributed by atoms with Gasteiger partial charge in [-0.2, -0.15) is 0 Å². The average molecular weight is 279 g/mol. The van der Waals surface area contributed by atoms with Gasteiger partial charge in [0.1, 0.15) is 0 Å². The van der Waals surface area contributed by atoms with Gasteiger partial charge in [0.25, 0.3) is 0 Å². The van der Waals surface area contributed by atoms with Crippen molar-refractivity contribution in [3.8, 4) is 0 Å². The fraction of sp³-hybridized carbons (Fsp3) is 0.111. The van der Waals surface area contributed by atoms with E-state index in [-0.39, 0.29) is 0 Å². The topological polar surface area (TPSA) is 50.1 Å². The molecule has 3 nitrogen and oxygen atoms in total. The van der Waals surface area contributed by atoms with Crippen molar-refractivity contribution in [3.05, 3.63) is 66.7 Å². The Morgan fingerprint density at radius 2 is 1.19 bits per heavy atom. The van der Waals surface area contributed by atoms with E-state index in [4.69, 9.17) is 5.73 Å². The monoisotopic (exact) mass is 279 g/mol. The summed E-state index contributed by atoms with van der Waals surface area (Å²) in [4.78, 5) is 0. The molecule has 0 aliphatic heterocycles. The summed E-state index contributed by atoms with van der Waals surface area (Å²) >= 11 is 0. The second-order valence-corrected chi connectivity index (χ2v) is 4.65. The van der Waals surface area contributed by atoms with Crippen molar-refractivity contribution in [2.45, 2.75) is 0 Å². The molecule has 0 aliphatic carbocycles. The van der Waals surface area contributed by atoms with Crippen molar-refractivity contribution in [1.29, 1.82) is 0 Å². The van der Waals surface area contributed by atoms with Crippen molar-refractivity contribution in [3.63, 3.8) is 0 Å². The van der Waals surface area contributed by atoms with Crippen LogP contribution in [-0.2, 0) is 0 Å². The number of fused-ring (bicyclic) bond motifs is 1. The SMILES string of the molecule is CNc1ccc(NC)cc1.Nc1cccc2ccccc12. The van der Waals surface area contributed by atoms with Gasteiger partial charge in [-0.1, -0.05) is 36.4 Å². The highest BCUT2D eigenvalue weighted by Gasteiger charge is 1.92. The summed E-state index contributed by atoms with van der Waals surface area (Å²) in [5, 5.41) is 8.44. The molecule has 0 heterocycles. The molecule has 21 heavy (non-hydrogen) atoms. The van der Waals surface area contributed by atoms with Crippen LogP contribution in [0.1, 0.15) is 0 Å². The van der Waals surface area contributed by atoms with Gasteiger partial charge >= 0.3 is 0 Å². The third kappa shape index (κ3) is 3.89. The molecule has 0 radical (unpaired) electrons. The van der Waals surface area contributed by atoms with Crippen molar-refractivity contribution in [2.75, 3.05) is 30.5 Å². The van der Waals surface area contributed by atoms with Crippen LogP contribution in [-0.4, -0.2) is 14.1 Å². The van der Waals surface area contributed by atoms with Crippen molar-refractivity contribution in [2.24, 2.45) is 0 Å². The Labute approximate surface area is 125 Å². The Kier molecular flexibility index (Phi) is 5.04. The van der Waals surface area contributed by atoms with Crippen LogP contribution in [0.25, 0.3) is 10.8 Å². The summed E-state index contributed by atoms with van der Waals surface area (Å²) in [5.41, 5.74) is 8.88. The van der Waals surface area contributed by atoms with Crippen LogP contribution in [0, 0.1) is 0 Å². The zero-order valence-electron chi connectivity index (χ0n) is 12.4. The predicted molar refractivity (Wildman–Crippen MR) is 93.9 cm³/mol. The number of nitrogen functional groups attached to an aromatic ring is 1. The fourth-order valence-corrected chi connectivity index (χ4v) is 2.05. The Morgan fingerprint density at radius 3 is 1.71 bits per heavy atom. The van der Waals surface area contributed by atoms with Gasteiger partial charge in [0, 0.05) is 36.5 Å². The smallest absolute Gasteiger partial charge is 0.0393 e. The van der Waals surface area contributed by atoms with Crippen LogP contribution < -0.4 is 16.4 Å². The largest absolute Gasteiger partial charge is 0.398 e. The average Bonchev–Trinajstić information content (AvgIpc) is 2.56. The molecule has 0 aliphatic rings. The van der Waals surface area contributed by atoms with E-state index in [1.165, 1.54) is 5.39 Å². The molecule has 0 unspecified atom stereocenters. The molecular weight excluding hydrogens is 258 g/mol. The lowest BCUT2D eigenvalue weighted by atomic mass is 10.1. The van der Waals surface area contributed by atoms with Gasteiger partial charge in [-0.3, -0.25) is 0 Å². The van der Waals surface area contributed by atoms with Crippen LogP contribution in [0.15, 0.2) is 66.7 Å². The summed E-state index contributed by atoms with van der Waals surface area (Å²) in [6, 6.07) is 22.2. The van der Waals surface area contributed by atoms with Gasteiger partial charge in [-0.15, -0.1) is 0 Å². The van der Waals surface area contributed by atoms with Gasteiger partial charge in [0.2, 0.25) is 0 Å². The van der Waals surface area contributed by atoms with Crippen molar-refractivity contribution < 1.29 is 0 Å². The zero-order chi connectivity index (χ0) is 15.1. The molecular formula is C18H21N3. The fourth-order valence-electron chi connectivity index (χ4n) is 2.05. The lowest BCUT2D eigenvalue weighted by Gasteiger charge is -2.01. The second-order valence-electron chi connectivity index (χ2n) is 4.65. The minimum absolute atomic E-state index is 0.850. The molecule has 4 N–H and O–H groups in total. The summed E-state index contributed by atoms with van der Waals surface area (Å²) in [7, 11) is 3.82. The molecule has 0 aromatic heterocycles. The quantitative estimate of drug-likeness (QED) is 0.616. The standard InChI is InChI=1S/C10H9N.C8H12N2/c11-10-7-3-5-8-4-1-2-6-9(8)10;1-9-7-3-5-8(10-2)6-4-7/h1-7H,11H2;3-6,9-10H,1-2H3. The first-order valence-electron chi connectivity index (χ1n) is 6.93. The van der Waals surface area contributed by atoms with E-state index in [0.29, 0.717) is 0 Å². The first-order valence-corrected chi connectivity index (χ1v) is 6.93. The lowest BCUT2D eigenvalue weighted by Crippen LogP contribution is -1.89. The maximum atomic E-state index is 5.76. The van der Waals surface area contributed by atoms with Gasteiger partial charge in [-0.25, -0.2) is 0 Å². The number of hydrogen-bond acceptors (Lipinski definition) is 3. The van der Waals surface area contributed by atoms with Crippen LogP contribution in [0.5, 0.6) is 0 Å². The van der Waals surface area contributed by atoms with E-state index in [0.717, 1.165) is 22.4 Å². The van der Waals surface area contributed by atoms with E-state index in [2.05, 4.69) is 22.8 Å². The Hall–Kier alpha value is -2.68. The van der Waals surface area contributed by atoms with E-state index >= 15 is 0 Å². The first kappa shape index (κ1) is 14.7. The van der Waals surface area contributed by atoms with Crippen LogP contribution >= 0.6 is 0 Å². The third-order valence-electron chi connectivity index (χ3n) is 3.29. The molecule has 0 saturated heterocycles. The molecule has 108 valence electrons. The summed E-state index contributed by atoms with van der Waals surface area (Å²) in [6.07, 6.45) is 0. The molecule has 0 bridgehead atoms. The van der Waals surface area contributed by atoms with Gasteiger partial charge in [0.05, 0.1) is 0 Å². The van der Waals surface area contributed by atoms with Crippen LogP contribution in [0.2, 0.25) is 0 Å².